The molecule has 1 atom stereocenters. The van der Waals surface area contributed by atoms with Crippen LogP contribution in [0.5, 0.6) is 0 Å². The van der Waals surface area contributed by atoms with Crippen molar-refractivity contribution in [3.63, 3.8) is 0 Å². The van der Waals surface area contributed by atoms with Crippen LogP contribution in [0.2, 0.25) is 0 Å². The number of rotatable bonds is 6. The second-order valence-corrected chi connectivity index (χ2v) is 7.12. The molecule has 1 N–H and O–H groups in total. The van der Waals surface area contributed by atoms with Crippen LogP contribution in [0.1, 0.15) is 17.2 Å². The first-order valence-electron chi connectivity index (χ1n) is 8.80. The standard InChI is InChI=1S/C21H23BrN2O2/c22-19-9-6-17(7-10-19)8-11-21(25)23-16-20(18-4-2-1-3-5-18)24-12-14-26-15-13-24/h1-11,20H,12-16H2,(H,23,25)/b11-8+. The number of ether oxygens (including phenoxy) is 1. The lowest BCUT2D eigenvalue weighted by Crippen LogP contribution is -2.43. The summed E-state index contributed by atoms with van der Waals surface area (Å²) in [6, 6.07) is 18.3. The summed E-state index contributed by atoms with van der Waals surface area (Å²) < 4.78 is 6.49. The van der Waals surface area contributed by atoms with Crippen molar-refractivity contribution in [3.05, 3.63) is 76.3 Å². The Bertz CT molecular complexity index is 725. The van der Waals surface area contributed by atoms with Gasteiger partial charge in [0.25, 0.3) is 0 Å². The van der Waals surface area contributed by atoms with Gasteiger partial charge in [-0.25, -0.2) is 0 Å². The summed E-state index contributed by atoms with van der Waals surface area (Å²) in [6.07, 6.45) is 3.42. The van der Waals surface area contributed by atoms with Crippen LogP contribution in [0.15, 0.2) is 65.1 Å². The molecule has 1 saturated heterocycles. The Kier molecular flexibility index (Phi) is 7.00. The molecule has 136 valence electrons. The molecule has 1 aliphatic rings. The van der Waals surface area contributed by atoms with Gasteiger partial charge in [0.05, 0.1) is 19.3 Å². The number of hydrogen-bond donors (Lipinski definition) is 1. The minimum atomic E-state index is -0.0814. The van der Waals surface area contributed by atoms with Crippen molar-refractivity contribution in [3.8, 4) is 0 Å². The Morgan fingerprint density at radius 3 is 2.50 bits per heavy atom. The molecule has 1 amide bonds. The summed E-state index contributed by atoms with van der Waals surface area (Å²) in [6.45, 7) is 3.81. The van der Waals surface area contributed by atoms with Gasteiger partial charge in [-0.3, -0.25) is 9.69 Å². The molecular formula is C21H23BrN2O2. The van der Waals surface area contributed by atoms with Gasteiger partial charge in [-0.15, -0.1) is 0 Å². The molecule has 5 heteroatoms. The minimum absolute atomic E-state index is 0.0814. The van der Waals surface area contributed by atoms with Gasteiger partial charge in [0.1, 0.15) is 0 Å². The van der Waals surface area contributed by atoms with Crippen molar-refractivity contribution in [1.29, 1.82) is 0 Å². The maximum Gasteiger partial charge on any atom is 0.244 e. The average molecular weight is 415 g/mol. The third-order valence-corrected chi connectivity index (χ3v) is 4.97. The molecule has 1 unspecified atom stereocenters. The molecule has 0 radical (unpaired) electrons. The fraction of sp³-hybridized carbons (Fsp3) is 0.286. The Hall–Kier alpha value is -1.95. The Labute approximate surface area is 163 Å². The molecule has 1 heterocycles. The van der Waals surface area contributed by atoms with E-state index in [4.69, 9.17) is 4.74 Å². The highest BCUT2D eigenvalue weighted by atomic mass is 79.9. The number of nitrogens with one attached hydrogen (secondary N) is 1. The predicted octanol–water partition coefficient (Wildman–Crippen LogP) is 3.65. The fourth-order valence-corrected chi connectivity index (χ4v) is 3.29. The number of benzene rings is 2. The van der Waals surface area contributed by atoms with Gasteiger partial charge in [0.2, 0.25) is 5.91 Å². The number of carbonyl (C=O) groups is 1. The zero-order valence-electron chi connectivity index (χ0n) is 14.6. The lowest BCUT2D eigenvalue weighted by Gasteiger charge is -2.34. The molecule has 0 aromatic heterocycles. The first-order valence-corrected chi connectivity index (χ1v) is 9.60. The summed E-state index contributed by atoms with van der Waals surface area (Å²) in [5.74, 6) is -0.0814. The van der Waals surface area contributed by atoms with Crippen molar-refractivity contribution in [1.82, 2.24) is 10.2 Å². The normalized spacial score (nSPS) is 16.5. The maximum atomic E-state index is 12.3. The summed E-state index contributed by atoms with van der Waals surface area (Å²) in [5.41, 5.74) is 2.21. The molecule has 1 fully saturated rings. The number of morpholine rings is 1. The number of halogens is 1. The third kappa shape index (κ3) is 5.53. The highest BCUT2D eigenvalue weighted by Gasteiger charge is 2.22. The van der Waals surface area contributed by atoms with E-state index in [0.717, 1.165) is 36.3 Å². The van der Waals surface area contributed by atoms with E-state index < -0.39 is 0 Å². The second-order valence-electron chi connectivity index (χ2n) is 6.20. The monoisotopic (exact) mass is 414 g/mol. The van der Waals surface area contributed by atoms with Crippen LogP contribution in [0.4, 0.5) is 0 Å². The maximum absolute atomic E-state index is 12.3. The van der Waals surface area contributed by atoms with E-state index >= 15 is 0 Å². The van der Waals surface area contributed by atoms with Crippen LogP contribution in [0.3, 0.4) is 0 Å². The van der Waals surface area contributed by atoms with E-state index in [1.807, 2.05) is 48.5 Å². The molecule has 26 heavy (non-hydrogen) atoms. The zero-order chi connectivity index (χ0) is 18.2. The van der Waals surface area contributed by atoms with Crippen LogP contribution in [0, 0.1) is 0 Å². The zero-order valence-corrected chi connectivity index (χ0v) is 16.2. The fourth-order valence-electron chi connectivity index (χ4n) is 3.02. The van der Waals surface area contributed by atoms with E-state index in [2.05, 4.69) is 38.3 Å². The summed E-state index contributed by atoms with van der Waals surface area (Å²) in [5, 5.41) is 3.04. The van der Waals surface area contributed by atoms with Crippen molar-refractivity contribution in [2.75, 3.05) is 32.8 Å². The highest BCUT2D eigenvalue weighted by Crippen LogP contribution is 2.21. The quantitative estimate of drug-likeness (QED) is 0.733. The Balaban J connectivity index is 1.61. The topological polar surface area (TPSA) is 41.6 Å². The molecule has 3 rings (SSSR count). The smallest absolute Gasteiger partial charge is 0.244 e. The molecule has 0 aliphatic carbocycles. The van der Waals surface area contributed by atoms with E-state index in [-0.39, 0.29) is 11.9 Å². The molecule has 4 nitrogen and oxygen atoms in total. The largest absolute Gasteiger partial charge is 0.379 e. The molecule has 0 saturated carbocycles. The van der Waals surface area contributed by atoms with Crippen LogP contribution in [-0.4, -0.2) is 43.7 Å². The number of nitrogens with zero attached hydrogens (tertiary/aromatic N) is 1. The van der Waals surface area contributed by atoms with Gasteiger partial charge in [-0.05, 0) is 29.3 Å². The van der Waals surface area contributed by atoms with Crippen LogP contribution in [0.25, 0.3) is 6.08 Å². The van der Waals surface area contributed by atoms with Crippen LogP contribution < -0.4 is 5.32 Å². The number of hydrogen-bond acceptors (Lipinski definition) is 3. The first-order chi connectivity index (χ1) is 12.7. The van der Waals surface area contributed by atoms with Gasteiger partial charge in [-0.2, -0.15) is 0 Å². The van der Waals surface area contributed by atoms with Gasteiger partial charge >= 0.3 is 0 Å². The highest BCUT2D eigenvalue weighted by molar-refractivity contribution is 9.10. The molecule has 0 bridgehead atoms. The summed E-state index contributed by atoms with van der Waals surface area (Å²) in [4.78, 5) is 14.6. The lowest BCUT2D eigenvalue weighted by atomic mass is 10.0. The van der Waals surface area contributed by atoms with Crippen molar-refractivity contribution >= 4 is 27.9 Å². The van der Waals surface area contributed by atoms with Crippen molar-refractivity contribution < 1.29 is 9.53 Å². The van der Waals surface area contributed by atoms with Crippen molar-refractivity contribution in [2.24, 2.45) is 0 Å². The Morgan fingerprint density at radius 2 is 1.81 bits per heavy atom. The van der Waals surface area contributed by atoms with E-state index in [9.17, 15) is 4.79 Å². The molecule has 0 spiro atoms. The average Bonchev–Trinajstić information content (AvgIpc) is 2.69. The van der Waals surface area contributed by atoms with Gasteiger partial charge in [0, 0.05) is 30.2 Å². The Morgan fingerprint density at radius 1 is 1.12 bits per heavy atom. The SMILES string of the molecule is O=C(/C=C/c1ccc(Br)cc1)NCC(c1ccccc1)N1CCOCC1. The predicted molar refractivity (Wildman–Crippen MR) is 108 cm³/mol. The van der Waals surface area contributed by atoms with Crippen molar-refractivity contribution in [2.45, 2.75) is 6.04 Å². The molecule has 2 aromatic rings. The van der Waals surface area contributed by atoms with Crippen LogP contribution in [-0.2, 0) is 9.53 Å². The summed E-state index contributed by atoms with van der Waals surface area (Å²) in [7, 11) is 0. The molecule has 1 aliphatic heterocycles. The lowest BCUT2D eigenvalue weighted by molar-refractivity contribution is -0.116. The van der Waals surface area contributed by atoms with Gasteiger partial charge < -0.3 is 10.1 Å². The van der Waals surface area contributed by atoms with Crippen LogP contribution >= 0.6 is 15.9 Å². The van der Waals surface area contributed by atoms with E-state index in [0.29, 0.717) is 6.54 Å². The van der Waals surface area contributed by atoms with Gasteiger partial charge in [-0.1, -0.05) is 58.4 Å². The summed E-state index contributed by atoms with van der Waals surface area (Å²) >= 11 is 3.41. The first kappa shape index (κ1) is 18.8. The number of carbonyl (C=O) groups excluding carboxylic acids is 1. The number of amides is 1. The van der Waals surface area contributed by atoms with E-state index in [1.54, 1.807) is 6.08 Å². The van der Waals surface area contributed by atoms with E-state index in [1.165, 1.54) is 5.56 Å². The minimum Gasteiger partial charge on any atom is -0.379 e. The second kappa shape index (κ2) is 9.67. The molecular weight excluding hydrogens is 392 g/mol. The third-order valence-electron chi connectivity index (χ3n) is 4.44. The van der Waals surface area contributed by atoms with Gasteiger partial charge in [0.15, 0.2) is 0 Å². The molecule has 2 aromatic carbocycles.